The van der Waals surface area contributed by atoms with Crippen LogP contribution in [0.1, 0.15) is 0 Å². The number of hydrogen-bond acceptors (Lipinski definition) is 6. The van der Waals surface area contributed by atoms with Gasteiger partial charge in [-0.1, -0.05) is 0 Å². The first-order chi connectivity index (χ1) is 7.81. The van der Waals surface area contributed by atoms with Crippen molar-refractivity contribution < 1.29 is 4.74 Å². The van der Waals surface area contributed by atoms with E-state index >= 15 is 0 Å². The van der Waals surface area contributed by atoms with Crippen LogP contribution in [0.15, 0.2) is 17.4 Å². The Morgan fingerprint density at radius 2 is 2.25 bits per heavy atom. The van der Waals surface area contributed by atoms with E-state index in [1.54, 1.807) is 25.2 Å². The van der Waals surface area contributed by atoms with Crippen LogP contribution in [0.5, 0.6) is 0 Å². The molecule has 0 amide bonds. The summed E-state index contributed by atoms with van der Waals surface area (Å²) in [5, 5.41) is 0.962. The highest BCUT2D eigenvalue weighted by Gasteiger charge is 2.07. The summed E-state index contributed by atoms with van der Waals surface area (Å²) >= 11 is 1.60. The van der Waals surface area contributed by atoms with Crippen LogP contribution in [0.4, 0.5) is 5.82 Å². The van der Waals surface area contributed by atoms with Crippen LogP contribution in [0, 0.1) is 0 Å². The number of rotatable bonds is 7. The highest BCUT2D eigenvalue weighted by molar-refractivity contribution is 7.98. The molecule has 1 aromatic heterocycles. The molecule has 0 fully saturated rings. The fourth-order valence-electron chi connectivity index (χ4n) is 1.31. The summed E-state index contributed by atoms with van der Waals surface area (Å²) in [5.41, 5.74) is 5.58. The van der Waals surface area contributed by atoms with Gasteiger partial charge >= 0.3 is 0 Å². The quantitative estimate of drug-likeness (QED) is 0.558. The molecule has 6 heteroatoms. The molecule has 0 radical (unpaired) electrons. The van der Waals surface area contributed by atoms with Gasteiger partial charge in [0.1, 0.15) is 17.2 Å². The Morgan fingerprint density at radius 1 is 1.44 bits per heavy atom. The number of nitrogens with two attached hydrogens (primary N) is 1. The van der Waals surface area contributed by atoms with E-state index in [9.17, 15) is 0 Å². The van der Waals surface area contributed by atoms with Crippen molar-refractivity contribution in [3.63, 3.8) is 0 Å². The molecule has 2 N–H and O–H groups in total. The van der Waals surface area contributed by atoms with Gasteiger partial charge in [0.2, 0.25) is 0 Å². The lowest BCUT2D eigenvalue weighted by Crippen LogP contribution is -2.33. The van der Waals surface area contributed by atoms with Gasteiger partial charge in [-0.2, -0.15) is 0 Å². The molecule has 0 spiro atoms. The molecule has 0 atom stereocenters. The van der Waals surface area contributed by atoms with E-state index in [1.165, 1.54) is 0 Å². The molecule has 0 aliphatic heterocycles. The summed E-state index contributed by atoms with van der Waals surface area (Å²) in [5.74, 6) is 0.904. The van der Waals surface area contributed by atoms with E-state index in [2.05, 4.69) is 14.9 Å². The molecule has 0 bridgehead atoms. The number of thioether (sulfide) groups is 1. The number of aromatic nitrogens is 2. The minimum absolute atomic E-state index is 0.600. The summed E-state index contributed by atoms with van der Waals surface area (Å²) in [7, 11) is 1.69. The van der Waals surface area contributed by atoms with Crippen molar-refractivity contribution in [1.29, 1.82) is 0 Å². The minimum atomic E-state index is 0.600. The summed E-state index contributed by atoms with van der Waals surface area (Å²) in [6.45, 7) is 2.83. The van der Waals surface area contributed by atoms with Crippen LogP contribution < -0.4 is 10.6 Å². The number of ether oxygens (including phenoxy) is 1. The average Bonchev–Trinajstić information content (AvgIpc) is 2.34. The van der Waals surface area contributed by atoms with Gasteiger partial charge in [0, 0.05) is 32.8 Å². The van der Waals surface area contributed by atoms with Gasteiger partial charge in [-0.3, -0.25) is 0 Å². The Kier molecular flexibility index (Phi) is 6.14. The highest BCUT2D eigenvalue weighted by atomic mass is 32.2. The number of anilines is 1. The van der Waals surface area contributed by atoms with Crippen molar-refractivity contribution in [3.8, 4) is 0 Å². The first-order valence-corrected chi connectivity index (χ1v) is 6.34. The van der Waals surface area contributed by atoms with Crippen molar-refractivity contribution in [2.75, 3.05) is 44.5 Å². The van der Waals surface area contributed by atoms with Crippen LogP contribution in [0.25, 0.3) is 0 Å². The van der Waals surface area contributed by atoms with Gasteiger partial charge in [0.05, 0.1) is 6.61 Å². The zero-order valence-corrected chi connectivity index (χ0v) is 10.5. The van der Waals surface area contributed by atoms with Crippen molar-refractivity contribution in [1.82, 2.24) is 9.97 Å². The van der Waals surface area contributed by atoms with Crippen LogP contribution in [-0.4, -0.2) is 49.6 Å². The van der Waals surface area contributed by atoms with Crippen molar-refractivity contribution in [2.45, 2.75) is 5.03 Å². The zero-order valence-electron chi connectivity index (χ0n) is 9.72. The van der Waals surface area contributed by atoms with Gasteiger partial charge in [-0.05, 0) is 6.26 Å². The molecular weight excluding hydrogens is 224 g/mol. The van der Waals surface area contributed by atoms with Crippen LogP contribution in [-0.2, 0) is 4.74 Å². The first-order valence-electron chi connectivity index (χ1n) is 5.11. The van der Waals surface area contributed by atoms with Gasteiger partial charge in [-0.15, -0.1) is 11.8 Å². The van der Waals surface area contributed by atoms with Crippen molar-refractivity contribution in [2.24, 2.45) is 5.73 Å². The van der Waals surface area contributed by atoms with Crippen molar-refractivity contribution in [3.05, 3.63) is 12.4 Å². The second-order valence-electron chi connectivity index (χ2n) is 3.19. The lowest BCUT2D eigenvalue weighted by Gasteiger charge is -2.22. The smallest absolute Gasteiger partial charge is 0.133 e. The lowest BCUT2D eigenvalue weighted by molar-refractivity contribution is 0.205. The van der Waals surface area contributed by atoms with E-state index in [4.69, 9.17) is 10.5 Å². The van der Waals surface area contributed by atoms with Crippen LogP contribution in [0.3, 0.4) is 0 Å². The Morgan fingerprint density at radius 3 is 2.88 bits per heavy atom. The molecule has 0 aromatic carbocycles. The molecule has 1 aromatic rings. The summed E-state index contributed by atoms with van der Waals surface area (Å²) < 4.78 is 5.07. The molecule has 1 rings (SSSR count). The Balaban J connectivity index is 2.73. The van der Waals surface area contributed by atoms with E-state index in [0.29, 0.717) is 13.2 Å². The molecule has 0 saturated heterocycles. The fraction of sp³-hybridized carbons (Fsp3) is 0.600. The van der Waals surface area contributed by atoms with Crippen LogP contribution in [0.2, 0.25) is 0 Å². The summed E-state index contributed by atoms with van der Waals surface area (Å²) in [6, 6.07) is 1.97. The fourth-order valence-corrected chi connectivity index (χ4v) is 1.69. The standard InChI is InChI=1S/C10H18N4OS/c1-15-6-5-14(4-3-11)9-7-10(16-2)13-8-12-9/h7-8H,3-6,11H2,1-2H3. The molecule has 90 valence electrons. The monoisotopic (exact) mass is 242 g/mol. The van der Waals surface area contributed by atoms with Gasteiger partial charge in [0.15, 0.2) is 0 Å². The Hall–Kier alpha value is -0.850. The summed E-state index contributed by atoms with van der Waals surface area (Å²) in [6.07, 6.45) is 3.58. The van der Waals surface area contributed by atoms with Crippen molar-refractivity contribution >= 4 is 17.6 Å². The largest absolute Gasteiger partial charge is 0.383 e. The second-order valence-corrected chi connectivity index (χ2v) is 4.01. The third-order valence-corrected chi connectivity index (χ3v) is 2.77. The molecule has 5 nitrogen and oxygen atoms in total. The topological polar surface area (TPSA) is 64.3 Å². The number of hydrogen-bond donors (Lipinski definition) is 1. The minimum Gasteiger partial charge on any atom is -0.383 e. The van der Waals surface area contributed by atoms with E-state index < -0.39 is 0 Å². The lowest BCUT2D eigenvalue weighted by atomic mass is 10.4. The molecule has 1 heterocycles. The molecule has 0 saturated carbocycles. The maximum absolute atomic E-state index is 5.58. The van der Waals surface area contributed by atoms with E-state index in [-0.39, 0.29) is 0 Å². The van der Waals surface area contributed by atoms with Crippen LogP contribution >= 0.6 is 11.8 Å². The predicted molar refractivity (Wildman–Crippen MR) is 67.0 cm³/mol. The van der Waals surface area contributed by atoms with Gasteiger partial charge in [-0.25, -0.2) is 9.97 Å². The number of methoxy groups -OCH3 is 1. The molecular formula is C10H18N4OS. The van der Waals surface area contributed by atoms with E-state index in [1.807, 2.05) is 12.3 Å². The molecule has 0 unspecified atom stereocenters. The Labute approximate surface area is 100 Å². The van der Waals surface area contributed by atoms with E-state index in [0.717, 1.165) is 23.9 Å². The zero-order chi connectivity index (χ0) is 11.8. The molecule has 0 aliphatic carbocycles. The average molecular weight is 242 g/mol. The predicted octanol–water partition coefficient (Wildman–Crippen LogP) is 0.610. The third kappa shape index (κ3) is 3.96. The second kappa shape index (κ2) is 7.43. The molecule has 16 heavy (non-hydrogen) atoms. The number of nitrogens with zero attached hydrogens (tertiary/aromatic N) is 3. The highest BCUT2D eigenvalue weighted by Crippen LogP contribution is 2.16. The van der Waals surface area contributed by atoms with Gasteiger partial charge < -0.3 is 15.4 Å². The summed E-state index contributed by atoms with van der Waals surface area (Å²) in [4.78, 5) is 10.5. The Bertz CT molecular complexity index is 311. The maximum Gasteiger partial charge on any atom is 0.133 e. The normalized spacial score (nSPS) is 10.4. The third-order valence-electron chi connectivity index (χ3n) is 2.13. The maximum atomic E-state index is 5.58. The SMILES string of the molecule is COCCN(CCN)c1cc(SC)ncn1. The first kappa shape index (κ1) is 13.2. The van der Waals surface area contributed by atoms with Gasteiger partial charge in [0.25, 0.3) is 0 Å². The molecule has 0 aliphatic rings.